The highest BCUT2D eigenvalue weighted by Gasteiger charge is 2.34. The summed E-state index contributed by atoms with van der Waals surface area (Å²) in [5, 5.41) is 14.2. The molecule has 1 saturated heterocycles. The number of ether oxygens (including phenoxy) is 2. The molecular weight excluding hydrogens is 557 g/mol. The number of nitrogens with zero attached hydrogens (tertiary/aromatic N) is 5. The molecule has 5 aromatic rings. The Hall–Kier alpha value is -5.36. The SMILES string of the molecule is COc1ccc(CN(Cc2ccc(OC)cc2)C(=O)c2cnn3ccc(N4CC(C#N)CC4c4cccc(F)c4)cc23)cc1. The zero-order chi connectivity index (χ0) is 30.6. The Morgan fingerprint density at radius 3 is 2.23 bits per heavy atom. The topological polar surface area (TPSA) is 83.1 Å². The zero-order valence-electron chi connectivity index (χ0n) is 24.6. The van der Waals surface area contributed by atoms with Gasteiger partial charge in [-0.25, -0.2) is 8.91 Å². The minimum absolute atomic E-state index is 0.165. The number of nitriles is 1. The molecule has 6 rings (SSSR count). The van der Waals surface area contributed by atoms with E-state index in [1.807, 2.05) is 72.9 Å². The summed E-state index contributed by atoms with van der Waals surface area (Å²) < 4.78 is 26.5. The normalized spacial score (nSPS) is 16.1. The lowest BCUT2D eigenvalue weighted by molar-refractivity contribution is 0.0732. The fourth-order valence-corrected chi connectivity index (χ4v) is 5.83. The van der Waals surface area contributed by atoms with Gasteiger partial charge in [-0.3, -0.25) is 4.79 Å². The molecule has 3 heterocycles. The number of benzene rings is 3. The molecule has 1 fully saturated rings. The van der Waals surface area contributed by atoms with Crippen LogP contribution < -0.4 is 14.4 Å². The Balaban J connectivity index is 1.34. The molecule has 0 radical (unpaired) electrons. The molecule has 0 bridgehead atoms. The summed E-state index contributed by atoms with van der Waals surface area (Å²) in [6.07, 6.45) is 4.01. The Bertz CT molecular complexity index is 1760. The monoisotopic (exact) mass is 589 g/mol. The molecule has 1 aliphatic heterocycles. The number of amides is 1. The van der Waals surface area contributed by atoms with Crippen LogP contribution in [-0.4, -0.2) is 41.2 Å². The molecule has 9 heteroatoms. The largest absolute Gasteiger partial charge is 0.497 e. The first kappa shape index (κ1) is 28.7. The summed E-state index contributed by atoms with van der Waals surface area (Å²) in [6.45, 7) is 1.26. The van der Waals surface area contributed by atoms with Crippen LogP contribution in [-0.2, 0) is 13.1 Å². The van der Waals surface area contributed by atoms with Crippen LogP contribution in [0.1, 0.15) is 39.5 Å². The van der Waals surface area contributed by atoms with Crippen molar-refractivity contribution in [2.45, 2.75) is 25.6 Å². The number of pyridine rings is 1. The fourth-order valence-electron chi connectivity index (χ4n) is 5.83. The van der Waals surface area contributed by atoms with Crippen molar-refractivity contribution in [2.24, 2.45) is 5.92 Å². The number of fused-ring (bicyclic) bond motifs is 1. The highest BCUT2D eigenvalue weighted by molar-refractivity contribution is 6.01. The van der Waals surface area contributed by atoms with E-state index in [0.29, 0.717) is 37.1 Å². The molecule has 1 aliphatic rings. The number of hydrogen-bond acceptors (Lipinski definition) is 6. The van der Waals surface area contributed by atoms with E-state index in [1.165, 1.54) is 12.1 Å². The van der Waals surface area contributed by atoms with Crippen LogP contribution in [0.4, 0.5) is 10.1 Å². The van der Waals surface area contributed by atoms with E-state index < -0.39 is 0 Å². The minimum Gasteiger partial charge on any atom is -0.497 e. The van der Waals surface area contributed by atoms with Crippen LogP contribution >= 0.6 is 0 Å². The number of methoxy groups -OCH3 is 2. The molecule has 222 valence electrons. The van der Waals surface area contributed by atoms with Crippen molar-refractivity contribution in [3.05, 3.63) is 125 Å². The van der Waals surface area contributed by atoms with Gasteiger partial charge < -0.3 is 19.3 Å². The average Bonchev–Trinajstić information content (AvgIpc) is 3.69. The van der Waals surface area contributed by atoms with Crippen LogP contribution in [0.5, 0.6) is 11.5 Å². The summed E-state index contributed by atoms with van der Waals surface area (Å²) in [4.78, 5) is 18.2. The number of rotatable bonds is 9. The van der Waals surface area contributed by atoms with Gasteiger partial charge in [0.05, 0.1) is 49.5 Å². The lowest BCUT2D eigenvalue weighted by Crippen LogP contribution is -2.30. The third-order valence-electron chi connectivity index (χ3n) is 8.14. The molecule has 0 N–H and O–H groups in total. The first-order valence-corrected chi connectivity index (χ1v) is 14.4. The van der Waals surface area contributed by atoms with Gasteiger partial charge in [-0.15, -0.1) is 0 Å². The van der Waals surface area contributed by atoms with Crippen molar-refractivity contribution in [3.8, 4) is 17.6 Å². The average molecular weight is 590 g/mol. The molecular formula is C35H32FN5O3. The zero-order valence-corrected chi connectivity index (χ0v) is 24.6. The molecule has 0 aliphatic carbocycles. The highest BCUT2D eigenvalue weighted by Crippen LogP contribution is 2.39. The van der Waals surface area contributed by atoms with Crippen molar-refractivity contribution >= 4 is 17.1 Å². The van der Waals surface area contributed by atoms with E-state index in [-0.39, 0.29) is 23.7 Å². The van der Waals surface area contributed by atoms with Crippen molar-refractivity contribution < 1.29 is 18.7 Å². The van der Waals surface area contributed by atoms with Crippen molar-refractivity contribution in [1.82, 2.24) is 14.5 Å². The van der Waals surface area contributed by atoms with E-state index in [0.717, 1.165) is 33.9 Å². The van der Waals surface area contributed by atoms with E-state index in [1.54, 1.807) is 35.9 Å². The van der Waals surface area contributed by atoms with Crippen LogP contribution in [0, 0.1) is 23.1 Å². The molecule has 0 saturated carbocycles. The number of hydrogen-bond donors (Lipinski definition) is 0. The number of carbonyl (C=O) groups is 1. The second-order valence-corrected chi connectivity index (χ2v) is 10.9. The van der Waals surface area contributed by atoms with Gasteiger partial charge in [0.25, 0.3) is 5.91 Å². The lowest BCUT2D eigenvalue weighted by atomic mass is 10.0. The van der Waals surface area contributed by atoms with Gasteiger partial charge in [-0.05, 0) is 71.6 Å². The van der Waals surface area contributed by atoms with Crippen LogP contribution in [0.3, 0.4) is 0 Å². The number of carbonyl (C=O) groups excluding carboxylic acids is 1. The van der Waals surface area contributed by atoms with Gasteiger partial charge in [0.15, 0.2) is 0 Å². The van der Waals surface area contributed by atoms with Gasteiger partial charge in [0.1, 0.15) is 17.3 Å². The maximum atomic E-state index is 14.3. The quantitative estimate of drug-likeness (QED) is 0.197. The summed E-state index contributed by atoms with van der Waals surface area (Å²) in [5.74, 6) is 0.815. The summed E-state index contributed by atoms with van der Waals surface area (Å²) in [6, 6.07) is 27.9. The van der Waals surface area contributed by atoms with Gasteiger partial charge in [-0.2, -0.15) is 10.4 Å². The van der Waals surface area contributed by atoms with E-state index >= 15 is 0 Å². The maximum absolute atomic E-state index is 14.3. The van der Waals surface area contributed by atoms with Crippen LogP contribution in [0.25, 0.3) is 5.52 Å². The van der Waals surface area contributed by atoms with Gasteiger partial charge in [-0.1, -0.05) is 36.4 Å². The van der Waals surface area contributed by atoms with E-state index in [2.05, 4.69) is 16.1 Å². The fraction of sp³-hybridized carbons (Fsp3) is 0.229. The van der Waals surface area contributed by atoms with Crippen molar-refractivity contribution in [2.75, 3.05) is 25.7 Å². The predicted molar refractivity (Wildman–Crippen MR) is 165 cm³/mol. The summed E-state index contributed by atoms with van der Waals surface area (Å²) in [7, 11) is 3.24. The summed E-state index contributed by atoms with van der Waals surface area (Å²) in [5.41, 5.74) is 4.70. The van der Waals surface area contributed by atoms with E-state index in [4.69, 9.17) is 9.47 Å². The minimum atomic E-state index is -0.309. The predicted octanol–water partition coefficient (Wildman–Crippen LogP) is 6.42. The highest BCUT2D eigenvalue weighted by atomic mass is 19.1. The van der Waals surface area contributed by atoms with Crippen LogP contribution in [0.15, 0.2) is 97.3 Å². The van der Waals surface area contributed by atoms with Gasteiger partial charge >= 0.3 is 0 Å². The molecule has 2 atom stereocenters. The van der Waals surface area contributed by atoms with E-state index in [9.17, 15) is 14.4 Å². The molecule has 0 spiro atoms. The van der Waals surface area contributed by atoms with Crippen LogP contribution in [0.2, 0.25) is 0 Å². The third kappa shape index (κ3) is 5.92. The standard InChI is InChI=1S/C35H32FN5O3/c1-43-30-10-6-24(7-11-30)21-39(22-25-8-12-31(44-2)13-9-25)35(42)32-20-38-41-15-14-29(18-34(32)41)40-23-26(19-37)16-33(40)27-4-3-5-28(36)17-27/h3-15,17-18,20,26,33H,16,21-23H2,1-2H3. The Morgan fingerprint density at radius 2 is 1.64 bits per heavy atom. The molecule has 2 unspecified atom stereocenters. The smallest absolute Gasteiger partial charge is 0.258 e. The Labute approximate surface area is 255 Å². The first-order valence-electron chi connectivity index (χ1n) is 14.4. The maximum Gasteiger partial charge on any atom is 0.258 e. The number of anilines is 1. The third-order valence-corrected chi connectivity index (χ3v) is 8.14. The summed E-state index contributed by atoms with van der Waals surface area (Å²) >= 11 is 0. The molecule has 1 amide bonds. The van der Waals surface area contributed by atoms with Gasteiger partial charge in [0, 0.05) is 31.5 Å². The second kappa shape index (κ2) is 12.5. The Kier molecular flexibility index (Phi) is 8.15. The molecule has 2 aromatic heterocycles. The molecule has 44 heavy (non-hydrogen) atoms. The number of halogens is 1. The first-order chi connectivity index (χ1) is 21.4. The second-order valence-electron chi connectivity index (χ2n) is 10.9. The van der Waals surface area contributed by atoms with Crippen molar-refractivity contribution in [1.29, 1.82) is 5.26 Å². The van der Waals surface area contributed by atoms with Crippen molar-refractivity contribution in [3.63, 3.8) is 0 Å². The lowest BCUT2D eigenvalue weighted by Gasteiger charge is -2.27. The number of aromatic nitrogens is 2. The molecule has 8 nitrogen and oxygen atoms in total. The molecule has 3 aromatic carbocycles. The Morgan fingerprint density at radius 1 is 0.977 bits per heavy atom. The van der Waals surface area contributed by atoms with Gasteiger partial charge in [0.2, 0.25) is 0 Å².